The molecule has 0 aromatic heterocycles. The zero-order valence-corrected chi connectivity index (χ0v) is 9.44. The number of hydrogen-bond donors (Lipinski definition) is 1. The molecule has 0 heterocycles. The summed E-state index contributed by atoms with van der Waals surface area (Å²) < 4.78 is 10.2. The summed E-state index contributed by atoms with van der Waals surface area (Å²) in [5.41, 5.74) is 5.66. The van der Waals surface area contributed by atoms with Crippen LogP contribution in [0.1, 0.15) is 15.9 Å². The van der Waals surface area contributed by atoms with Crippen molar-refractivity contribution in [3.8, 4) is 23.3 Å². The van der Waals surface area contributed by atoms with Gasteiger partial charge in [-0.15, -0.1) is 0 Å². The van der Waals surface area contributed by atoms with Gasteiger partial charge < -0.3 is 15.2 Å². The minimum absolute atomic E-state index is 0.354. The van der Waals surface area contributed by atoms with Gasteiger partial charge in [0.25, 0.3) is 5.91 Å². The van der Waals surface area contributed by atoms with Gasteiger partial charge in [-0.05, 0) is 12.1 Å². The number of rotatable bonds is 3. The highest BCUT2D eigenvalue weighted by atomic mass is 16.5. The molecule has 17 heavy (non-hydrogen) atoms. The van der Waals surface area contributed by atoms with Crippen LogP contribution in [0.25, 0.3) is 0 Å². The molecule has 1 amide bonds. The molecule has 0 fully saturated rings. The predicted octanol–water partition coefficient (Wildman–Crippen LogP) is 0.353. The number of carbonyl (C=O) groups is 2. The Balaban J connectivity index is 3.40. The zero-order valence-electron chi connectivity index (χ0n) is 9.44. The van der Waals surface area contributed by atoms with Crippen LogP contribution in [-0.4, -0.2) is 26.4 Å². The highest BCUT2D eigenvalue weighted by Crippen LogP contribution is 2.31. The number of amides is 1. The van der Waals surface area contributed by atoms with Crippen molar-refractivity contribution in [3.05, 3.63) is 23.3 Å². The third kappa shape index (κ3) is 2.98. The van der Waals surface area contributed by atoms with Crippen molar-refractivity contribution in [2.24, 2.45) is 5.73 Å². The lowest BCUT2D eigenvalue weighted by Gasteiger charge is -2.09. The lowest BCUT2D eigenvalue weighted by molar-refractivity contribution is -0.112. The van der Waals surface area contributed by atoms with Crippen molar-refractivity contribution in [2.45, 2.75) is 0 Å². The molecule has 5 heteroatoms. The summed E-state index contributed by atoms with van der Waals surface area (Å²) in [6.07, 6.45) is 0.650. The number of benzene rings is 1. The molecule has 0 spiro atoms. The first kappa shape index (κ1) is 12.6. The molecule has 0 saturated carbocycles. The standard InChI is InChI=1S/C12H11NO4/c1-16-10-6-8(7-14)5-9(12(10)17-2)3-4-11(13)15/h5-7H,1-2H3,(H2,13,15). The van der Waals surface area contributed by atoms with Crippen LogP contribution in [0, 0.1) is 11.8 Å². The lowest BCUT2D eigenvalue weighted by atomic mass is 10.1. The maximum absolute atomic E-state index is 10.7. The second-order valence-corrected chi connectivity index (χ2v) is 3.04. The molecule has 0 aliphatic heterocycles. The van der Waals surface area contributed by atoms with Gasteiger partial charge in [-0.25, -0.2) is 0 Å². The molecule has 0 aliphatic carbocycles. The molecule has 88 valence electrons. The van der Waals surface area contributed by atoms with E-state index in [-0.39, 0.29) is 0 Å². The fraction of sp³-hybridized carbons (Fsp3) is 0.167. The normalized spacial score (nSPS) is 8.82. The maximum Gasteiger partial charge on any atom is 0.293 e. The SMILES string of the molecule is COc1cc(C=O)cc(C#CC(N)=O)c1OC. The molecular weight excluding hydrogens is 222 g/mol. The van der Waals surface area contributed by atoms with Gasteiger partial charge in [-0.3, -0.25) is 9.59 Å². The van der Waals surface area contributed by atoms with Crippen molar-refractivity contribution in [3.63, 3.8) is 0 Å². The average Bonchev–Trinajstić information content (AvgIpc) is 2.34. The molecular formula is C12H11NO4. The Kier molecular flexibility index (Phi) is 4.12. The third-order valence-corrected chi connectivity index (χ3v) is 1.96. The van der Waals surface area contributed by atoms with Gasteiger partial charge in [-0.1, -0.05) is 5.92 Å². The Morgan fingerprint density at radius 3 is 2.53 bits per heavy atom. The largest absolute Gasteiger partial charge is 0.493 e. The summed E-state index contributed by atoms with van der Waals surface area (Å²) >= 11 is 0. The van der Waals surface area contributed by atoms with Gasteiger partial charge in [-0.2, -0.15) is 0 Å². The maximum atomic E-state index is 10.7. The summed E-state index contributed by atoms with van der Waals surface area (Å²) in [5.74, 6) is 4.66. The lowest BCUT2D eigenvalue weighted by Crippen LogP contribution is -2.06. The molecule has 0 radical (unpaired) electrons. The molecule has 5 nitrogen and oxygen atoms in total. The first-order chi connectivity index (χ1) is 8.12. The molecule has 0 saturated heterocycles. The fourth-order valence-electron chi connectivity index (χ4n) is 1.28. The summed E-state index contributed by atoms with van der Waals surface area (Å²) in [6, 6.07) is 3.01. The predicted molar refractivity (Wildman–Crippen MR) is 61.0 cm³/mol. The topological polar surface area (TPSA) is 78.6 Å². The van der Waals surface area contributed by atoms with Gasteiger partial charge in [0.2, 0.25) is 0 Å². The van der Waals surface area contributed by atoms with Crippen molar-refractivity contribution >= 4 is 12.2 Å². The Morgan fingerprint density at radius 1 is 1.35 bits per heavy atom. The van der Waals surface area contributed by atoms with E-state index in [0.29, 0.717) is 28.9 Å². The second-order valence-electron chi connectivity index (χ2n) is 3.04. The smallest absolute Gasteiger partial charge is 0.293 e. The highest BCUT2D eigenvalue weighted by Gasteiger charge is 2.10. The van der Waals surface area contributed by atoms with Crippen LogP contribution in [-0.2, 0) is 4.79 Å². The zero-order chi connectivity index (χ0) is 12.8. The van der Waals surface area contributed by atoms with Crippen LogP contribution in [0.15, 0.2) is 12.1 Å². The van der Waals surface area contributed by atoms with E-state index in [2.05, 4.69) is 11.8 Å². The van der Waals surface area contributed by atoms with Crippen LogP contribution in [0.5, 0.6) is 11.5 Å². The molecule has 1 aromatic carbocycles. The monoisotopic (exact) mass is 233 g/mol. The van der Waals surface area contributed by atoms with E-state index in [1.807, 2.05) is 0 Å². The Morgan fingerprint density at radius 2 is 2.06 bits per heavy atom. The van der Waals surface area contributed by atoms with Gasteiger partial charge >= 0.3 is 0 Å². The molecule has 1 aromatic rings. The van der Waals surface area contributed by atoms with Crippen LogP contribution in [0.2, 0.25) is 0 Å². The number of ether oxygens (including phenoxy) is 2. The molecule has 2 N–H and O–H groups in total. The first-order valence-corrected chi connectivity index (χ1v) is 4.65. The van der Waals surface area contributed by atoms with Crippen LogP contribution < -0.4 is 15.2 Å². The average molecular weight is 233 g/mol. The van der Waals surface area contributed by atoms with Gasteiger partial charge in [0, 0.05) is 11.5 Å². The van der Waals surface area contributed by atoms with Crippen LogP contribution in [0.3, 0.4) is 0 Å². The minimum atomic E-state index is -0.762. The molecule has 0 atom stereocenters. The van der Waals surface area contributed by atoms with E-state index >= 15 is 0 Å². The van der Waals surface area contributed by atoms with E-state index in [1.165, 1.54) is 26.4 Å². The van der Waals surface area contributed by atoms with E-state index < -0.39 is 5.91 Å². The number of nitrogens with two attached hydrogens (primary N) is 1. The summed E-state index contributed by atoms with van der Waals surface area (Å²) in [5, 5.41) is 0. The van der Waals surface area contributed by atoms with Crippen LogP contribution in [0.4, 0.5) is 0 Å². The van der Waals surface area contributed by atoms with E-state index in [1.54, 1.807) is 0 Å². The van der Waals surface area contributed by atoms with Gasteiger partial charge in [0.1, 0.15) is 6.29 Å². The summed E-state index contributed by atoms with van der Waals surface area (Å²) in [4.78, 5) is 21.3. The molecule has 0 unspecified atom stereocenters. The number of hydrogen-bond acceptors (Lipinski definition) is 4. The van der Waals surface area contributed by atoms with E-state index in [9.17, 15) is 9.59 Å². The Hall–Kier alpha value is -2.48. The number of carbonyl (C=O) groups excluding carboxylic acids is 2. The quantitative estimate of drug-likeness (QED) is 0.603. The van der Waals surface area contributed by atoms with E-state index in [0.717, 1.165) is 0 Å². The summed E-state index contributed by atoms with van der Waals surface area (Å²) in [6.45, 7) is 0. The van der Waals surface area contributed by atoms with Gasteiger partial charge in [0.05, 0.1) is 19.8 Å². The Labute approximate surface area is 98.5 Å². The van der Waals surface area contributed by atoms with E-state index in [4.69, 9.17) is 15.2 Å². The van der Waals surface area contributed by atoms with Crippen molar-refractivity contribution in [1.29, 1.82) is 0 Å². The third-order valence-electron chi connectivity index (χ3n) is 1.96. The Bertz CT molecular complexity index is 511. The molecule has 0 bridgehead atoms. The number of methoxy groups -OCH3 is 2. The number of primary amides is 1. The minimum Gasteiger partial charge on any atom is -0.493 e. The summed E-state index contributed by atoms with van der Waals surface area (Å²) in [7, 11) is 2.88. The van der Waals surface area contributed by atoms with Crippen LogP contribution >= 0.6 is 0 Å². The highest BCUT2D eigenvalue weighted by molar-refractivity contribution is 5.93. The van der Waals surface area contributed by atoms with Crippen molar-refractivity contribution in [1.82, 2.24) is 0 Å². The molecule has 1 rings (SSSR count). The van der Waals surface area contributed by atoms with Gasteiger partial charge in [0.15, 0.2) is 11.5 Å². The van der Waals surface area contributed by atoms with Crippen molar-refractivity contribution in [2.75, 3.05) is 14.2 Å². The number of aldehydes is 1. The fourth-order valence-corrected chi connectivity index (χ4v) is 1.28. The van der Waals surface area contributed by atoms with Crippen molar-refractivity contribution < 1.29 is 19.1 Å². The first-order valence-electron chi connectivity index (χ1n) is 4.65. The second kappa shape index (κ2) is 5.56. The molecule has 0 aliphatic rings.